The van der Waals surface area contributed by atoms with Crippen LogP contribution in [-0.4, -0.2) is 45.5 Å². The van der Waals surface area contributed by atoms with Gasteiger partial charge in [-0.15, -0.1) is 0 Å². The van der Waals surface area contributed by atoms with Crippen molar-refractivity contribution in [2.24, 2.45) is 0 Å². The third kappa shape index (κ3) is 4.82. The minimum atomic E-state index is -5.08. The lowest BCUT2D eigenvalue weighted by molar-refractivity contribution is -0.192. The van der Waals surface area contributed by atoms with E-state index >= 15 is 0 Å². The van der Waals surface area contributed by atoms with Gasteiger partial charge in [-0.1, -0.05) is 5.16 Å². The first-order valence-corrected chi connectivity index (χ1v) is 7.27. The maximum absolute atomic E-state index is 10.6. The van der Waals surface area contributed by atoms with Crippen molar-refractivity contribution in [1.82, 2.24) is 20.4 Å². The highest BCUT2D eigenvalue weighted by Gasteiger charge is 2.38. The number of aryl methyl sites for hydroxylation is 1. The average molecular weight is 346 g/mol. The molecule has 0 unspecified atom stereocenters. The Morgan fingerprint density at radius 3 is 2.67 bits per heavy atom. The van der Waals surface area contributed by atoms with Gasteiger partial charge in [0.05, 0.1) is 11.6 Å². The molecule has 0 spiro atoms. The van der Waals surface area contributed by atoms with Gasteiger partial charge in [0.25, 0.3) is 0 Å². The number of H-pyrrole nitrogens is 1. The molecule has 0 saturated carbocycles. The number of carboxylic acid groups (broad SMARTS) is 1. The van der Waals surface area contributed by atoms with Gasteiger partial charge in [-0.2, -0.15) is 18.2 Å². The monoisotopic (exact) mass is 346 g/mol. The molecule has 0 amide bonds. The second kappa shape index (κ2) is 7.47. The van der Waals surface area contributed by atoms with Crippen molar-refractivity contribution in [1.29, 1.82) is 0 Å². The van der Waals surface area contributed by atoms with Gasteiger partial charge in [-0.25, -0.2) is 4.79 Å². The summed E-state index contributed by atoms with van der Waals surface area (Å²) in [6, 6.07) is 2.02. The highest BCUT2D eigenvalue weighted by Crippen LogP contribution is 2.24. The number of nitrogens with zero attached hydrogens (tertiary/aromatic N) is 2. The van der Waals surface area contributed by atoms with Crippen molar-refractivity contribution in [3.05, 3.63) is 23.7 Å². The van der Waals surface area contributed by atoms with Crippen LogP contribution in [0.1, 0.15) is 30.2 Å². The molecule has 7 nitrogen and oxygen atoms in total. The third-order valence-electron chi connectivity index (χ3n) is 3.40. The summed E-state index contributed by atoms with van der Waals surface area (Å²) in [6.07, 6.45) is -0.851. The molecular formula is C14H17F3N4O3. The Bertz CT molecular complexity index is 675. The predicted molar refractivity (Wildman–Crippen MR) is 77.4 cm³/mol. The zero-order chi connectivity index (χ0) is 17.7. The SMILES string of the molecule is Cc1c[nH]c(-c2noc([C@H]3CCCNC3)n2)c1.O=C(O)C(F)(F)F. The lowest BCUT2D eigenvalue weighted by Gasteiger charge is -2.18. The van der Waals surface area contributed by atoms with E-state index in [-0.39, 0.29) is 0 Å². The van der Waals surface area contributed by atoms with Crippen molar-refractivity contribution in [3.63, 3.8) is 0 Å². The molecule has 2 aromatic heterocycles. The number of rotatable bonds is 2. The molecule has 0 aromatic carbocycles. The molecule has 3 rings (SSSR count). The molecule has 2 aromatic rings. The number of carbonyl (C=O) groups is 1. The van der Waals surface area contributed by atoms with Crippen LogP contribution in [0.4, 0.5) is 13.2 Å². The van der Waals surface area contributed by atoms with Crippen LogP contribution in [0.2, 0.25) is 0 Å². The van der Waals surface area contributed by atoms with Crippen molar-refractivity contribution in [2.45, 2.75) is 31.9 Å². The van der Waals surface area contributed by atoms with Crippen molar-refractivity contribution in [3.8, 4) is 11.5 Å². The summed E-state index contributed by atoms with van der Waals surface area (Å²) in [5, 5.41) is 14.5. The lowest BCUT2D eigenvalue weighted by atomic mass is 10.00. The molecule has 1 atom stereocenters. The molecular weight excluding hydrogens is 329 g/mol. The van der Waals surface area contributed by atoms with E-state index in [2.05, 4.69) is 20.4 Å². The standard InChI is InChI=1S/C12H16N4O.C2HF3O2/c1-8-5-10(14-6-8)11-15-12(17-16-11)9-3-2-4-13-7-9;3-2(4,5)1(6)7/h5-6,9,13-14H,2-4,7H2,1H3;(H,6,7)/t9-;/m0./s1. The van der Waals surface area contributed by atoms with Gasteiger partial charge in [-0.3, -0.25) is 0 Å². The normalized spacial score (nSPS) is 17.9. The molecule has 3 heterocycles. The summed E-state index contributed by atoms with van der Waals surface area (Å²) in [4.78, 5) is 16.5. The Balaban J connectivity index is 0.000000256. The van der Waals surface area contributed by atoms with Crippen LogP contribution in [-0.2, 0) is 4.79 Å². The fraction of sp³-hybridized carbons (Fsp3) is 0.500. The molecule has 0 bridgehead atoms. The summed E-state index contributed by atoms with van der Waals surface area (Å²) < 4.78 is 37.1. The molecule has 10 heteroatoms. The molecule has 3 N–H and O–H groups in total. The molecule has 1 aliphatic heterocycles. The average Bonchev–Trinajstić information content (AvgIpc) is 3.16. The molecule has 0 radical (unpaired) electrons. The first-order chi connectivity index (χ1) is 11.3. The Kier molecular flexibility index (Phi) is 5.60. The quantitative estimate of drug-likeness (QED) is 0.772. The number of halogens is 3. The number of carboxylic acids is 1. The van der Waals surface area contributed by atoms with Gasteiger partial charge in [0.1, 0.15) is 0 Å². The fourth-order valence-electron chi connectivity index (χ4n) is 2.20. The summed E-state index contributed by atoms with van der Waals surface area (Å²) in [6.45, 7) is 4.06. The minimum absolute atomic E-state index is 0.362. The van der Waals surface area contributed by atoms with Crippen LogP contribution in [0.25, 0.3) is 11.5 Å². The maximum Gasteiger partial charge on any atom is 0.490 e. The van der Waals surface area contributed by atoms with Crippen molar-refractivity contribution >= 4 is 5.97 Å². The molecule has 24 heavy (non-hydrogen) atoms. The highest BCUT2D eigenvalue weighted by molar-refractivity contribution is 5.73. The summed E-state index contributed by atoms with van der Waals surface area (Å²) in [7, 11) is 0. The number of piperidine rings is 1. The maximum atomic E-state index is 10.6. The number of aromatic nitrogens is 3. The second-order valence-electron chi connectivity index (χ2n) is 5.39. The van der Waals surface area contributed by atoms with Crippen LogP contribution in [0.15, 0.2) is 16.8 Å². The Hall–Kier alpha value is -2.36. The molecule has 0 aliphatic carbocycles. The Morgan fingerprint density at radius 1 is 1.46 bits per heavy atom. The minimum Gasteiger partial charge on any atom is -0.475 e. The van der Waals surface area contributed by atoms with E-state index in [0.29, 0.717) is 11.7 Å². The van der Waals surface area contributed by atoms with Crippen LogP contribution < -0.4 is 5.32 Å². The van der Waals surface area contributed by atoms with Crippen LogP contribution in [0.5, 0.6) is 0 Å². The second-order valence-corrected chi connectivity index (χ2v) is 5.39. The Morgan fingerprint density at radius 2 is 2.17 bits per heavy atom. The Labute approximate surface area is 135 Å². The number of nitrogens with one attached hydrogen (secondary N) is 2. The third-order valence-corrected chi connectivity index (χ3v) is 3.40. The topological polar surface area (TPSA) is 104 Å². The van der Waals surface area contributed by atoms with Crippen LogP contribution in [0, 0.1) is 6.92 Å². The number of hydrogen-bond donors (Lipinski definition) is 3. The van der Waals surface area contributed by atoms with E-state index in [1.165, 1.54) is 12.0 Å². The lowest BCUT2D eigenvalue weighted by Crippen LogP contribution is -2.28. The highest BCUT2D eigenvalue weighted by atomic mass is 19.4. The number of aromatic amines is 1. The van der Waals surface area contributed by atoms with E-state index in [1.54, 1.807) is 0 Å². The van der Waals surface area contributed by atoms with Crippen molar-refractivity contribution in [2.75, 3.05) is 13.1 Å². The van der Waals surface area contributed by atoms with E-state index in [9.17, 15) is 13.2 Å². The van der Waals surface area contributed by atoms with E-state index in [1.807, 2.05) is 19.2 Å². The molecule has 1 fully saturated rings. The van der Waals surface area contributed by atoms with Gasteiger partial charge < -0.3 is 19.9 Å². The van der Waals surface area contributed by atoms with E-state index < -0.39 is 12.1 Å². The molecule has 1 aliphatic rings. The molecule has 1 saturated heterocycles. The largest absolute Gasteiger partial charge is 0.490 e. The van der Waals surface area contributed by atoms with Gasteiger partial charge in [0.15, 0.2) is 0 Å². The van der Waals surface area contributed by atoms with E-state index in [4.69, 9.17) is 14.4 Å². The predicted octanol–water partition coefficient (Wildman–Crippen LogP) is 2.47. The van der Waals surface area contributed by atoms with Gasteiger partial charge in [-0.05, 0) is 37.9 Å². The van der Waals surface area contributed by atoms with Crippen molar-refractivity contribution < 1.29 is 27.6 Å². The first-order valence-electron chi connectivity index (χ1n) is 7.27. The summed E-state index contributed by atoms with van der Waals surface area (Å²) >= 11 is 0. The molecule has 132 valence electrons. The van der Waals surface area contributed by atoms with E-state index in [0.717, 1.165) is 31.1 Å². The van der Waals surface area contributed by atoms with Gasteiger partial charge >= 0.3 is 12.1 Å². The smallest absolute Gasteiger partial charge is 0.475 e. The number of aliphatic carboxylic acids is 1. The summed E-state index contributed by atoms with van der Waals surface area (Å²) in [5.74, 6) is -0.994. The first kappa shape index (κ1) is 18.0. The van der Waals surface area contributed by atoms with Crippen LogP contribution in [0.3, 0.4) is 0 Å². The zero-order valence-corrected chi connectivity index (χ0v) is 12.9. The summed E-state index contributed by atoms with van der Waals surface area (Å²) in [5.41, 5.74) is 2.09. The zero-order valence-electron chi connectivity index (χ0n) is 12.9. The number of hydrogen-bond acceptors (Lipinski definition) is 5. The fourth-order valence-corrected chi connectivity index (χ4v) is 2.20. The number of alkyl halides is 3. The van der Waals surface area contributed by atoms with Crippen LogP contribution >= 0.6 is 0 Å². The van der Waals surface area contributed by atoms with Gasteiger partial charge in [0, 0.05) is 12.7 Å². The van der Waals surface area contributed by atoms with Gasteiger partial charge in [0.2, 0.25) is 11.7 Å².